The third-order valence-electron chi connectivity index (χ3n) is 4.19. The summed E-state index contributed by atoms with van der Waals surface area (Å²) in [6, 6.07) is 9.48. The van der Waals surface area contributed by atoms with Crippen LogP contribution in [0.1, 0.15) is 28.9 Å². The van der Waals surface area contributed by atoms with Gasteiger partial charge in [0, 0.05) is 30.7 Å². The molecule has 0 aliphatic carbocycles. The van der Waals surface area contributed by atoms with E-state index in [1.807, 2.05) is 31.2 Å². The molecule has 1 saturated heterocycles. The van der Waals surface area contributed by atoms with Crippen molar-refractivity contribution < 1.29 is 4.79 Å². The number of nitrogens with zero attached hydrogens (tertiary/aromatic N) is 3. The van der Waals surface area contributed by atoms with Crippen molar-refractivity contribution in [3.8, 4) is 0 Å². The van der Waals surface area contributed by atoms with Gasteiger partial charge in [-0.05, 0) is 50.1 Å². The summed E-state index contributed by atoms with van der Waals surface area (Å²) in [6.45, 7) is 4.07. The highest BCUT2D eigenvalue weighted by molar-refractivity contribution is 7.22. The molecule has 1 aromatic carbocycles. The Labute approximate surface area is 144 Å². The Hall–Kier alpha value is -2.47. The highest BCUT2D eigenvalue weighted by Gasteiger charge is 2.16. The van der Waals surface area contributed by atoms with E-state index in [1.54, 1.807) is 23.6 Å². The number of fused-ring (bicyclic) bond motifs is 1. The van der Waals surface area contributed by atoms with Crippen molar-refractivity contribution in [2.24, 2.45) is 0 Å². The molecule has 122 valence electrons. The zero-order valence-corrected chi connectivity index (χ0v) is 14.3. The van der Waals surface area contributed by atoms with Crippen molar-refractivity contribution in [1.29, 1.82) is 0 Å². The molecule has 1 aliphatic rings. The first kappa shape index (κ1) is 15.1. The minimum atomic E-state index is -0.147. The van der Waals surface area contributed by atoms with E-state index in [0.717, 1.165) is 39.8 Å². The van der Waals surface area contributed by atoms with Crippen molar-refractivity contribution in [1.82, 2.24) is 9.97 Å². The molecule has 4 rings (SSSR count). The second kappa shape index (κ2) is 6.20. The average Bonchev–Trinajstić information content (AvgIpc) is 3.24. The molecule has 5 nitrogen and oxygen atoms in total. The van der Waals surface area contributed by atoms with Crippen molar-refractivity contribution in [2.45, 2.75) is 19.8 Å². The van der Waals surface area contributed by atoms with Crippen LogP contribution in [-0.2, 0) is 0 Å². The topological polar surface area (TPSA) is 58.1 Å². The summed E-state index contributed by atoms with van der Waals surface area (Å²) in [5, 5.41) is 4.01. The monoisotopic (exact) mass is 338 g/mol. The second-order valence-corrected chi connectivity index (χ2v) is 7.02. The Morgan fingerprint density at radius 2 is 2.04 bits per heavy atom. The van der Waals surface area contributed by atoms with E-state index in [2.05, 4.69) is 15.2 Å². The van der Waals surface area contributed by atoms with Gasteiger partial charge >= 0.3 is 0 Å². The summed E-state index contributed by atoms with van der Waals surface area (Å²) >= 11 is 1.68. The summed E-state index contributed by atoms with van der Waals surface area (Å²) in [5.74, 6) is -0.147. The summed E-state index contributed by atoms with van der Waals surface area (Å²) in [5.41, 5.74) is 3.22. The maximum absolute atomic E-state index is 12.3. The van der Waals surface area contributed by atoms with Gasteiger partial charge in [-0.15, -0.1) is 0 Å². The first-order chi connectivity index (χ1) is 11.7. The minimum absolute atomic E-state index is 0.147. The van der Waals surface area contributed by atoms with Crippen LogP contribution in [0.25, 0.3) is 10.2 Å². The molecule has 2 aromatic heterocycles. The number of hydrogen-bond acceptors (Lipinski definition) is 5. The van der Waals surface area contributed by atoms with E-state index in [1.165, 1.54) is 12.8 Å². The number of aryl methyl sites for hydroxylation is 1. The van der Waals surface area contributed by atoms with Crippen LogP contribution in [0.5, 0.6) is 0 Å². The van der Waals surface area contributed by atoms with Crippen molar-refractivity contribution in [3.05, 3.63) is 47.8 Å². The molecule has 3 aromatic rings. The number of carbonyl (C=O) groups is 1. The molecular weight excluding hydrogens is 320 g/mol. The Bertz CT molecular complexity index is 882. The number of thiazole rings is 1. The second-order valence-electron chi connectivity index (χ2n) is 6.02. The molecule has 24 heavy (non-hydrogen) atoms. The highest BCUT2D eigenvalue weighted by atomic mass is 32.1. The minimum Gasteiger partial charge on any atom is -0.348 e. The number of aromatic nitrogens is 2. The highest BCUT2D eigenvalue weighted by Crippen LogP contribution is 2.32. The van der Waals surface area contributed by atoms with E-state index in [-0.39, 0.29) is 5.91 Å². The molecule has 1 N–H and O–H groups in total. The largest absolute Gasteiger partial charge is 0.348 e. The zero-order chi connectivity index (χ0) is 16.5. The quantitative estimate of drug-likeness (QED) is 0.788. The summed E-state index contributed by atoms with van der Waals surface area (Å²) in [4.78, 5) is 23.5. The van der Waals surface area contributed by atoms with Crippen LogP contribution in [0.15, 0.2) is 36.5 Å². The van der Waals surface area contributed by atoms with Crippen molar-refractivity contribution in [2.75, 3.05) is 23.3 Å². The number of hydrogen-bond donors (Lipinski definition) is 1. The Balaban J connectivity index is 1.55. The molecule has 0 spiro atoms. The van der Waals surface area contributed by atoms with Crippen LogP contribution in [0, 0.1) is 6.92 Å². The number of carbonyl (C=O) groups excluding carboxylic acids is 1. The molecule has 1 amide bonds. The van der Waals surface area contributed by atoms with Gasteiger partial charge < -0.3 is 10.2 Å². The molecule has 6 heteroatoms. The third-order valence-corrected chi connectivity index (χ3v) is 5.26. The third kappa shape index (κ3) is 2.97. The van der Waals surface area contributed by atoms with Crippen molar-refractivity contribution >= 4 is 38.3 Å². The van der Waals surface area contributed by atoms with Gasteiger partial charge in [0.25, 0.3) is 5.91 Å². The van der Waals surface area contributed by atoms with Crippen LogP contribution in [-0.4, -0.2) is 29.0 Å². The van der Waals surface area contributed by atoms with Crippen LogP contribution in [0.4, 0.5) is 10.8 Å². The maximum Gasteiger partial charge on any atom is 0.257 e. The summed E-state index contributed by atoms with van der Waals surface area (Å²) in [6.07, 6.45) is 4.07. The van der Waals surface area contributed by atoms with Gasteiger partial charge in [0.2, 0.25) is 0 Å². The van der Waals surface area contributed by atoms with Gasteiger partial charge in [0.05, 0.1) is 15.8 Å². The summed E-state index contributed by atoms with van der Waals surface area (Å²) < 4.78 is 1.09. The molecule has 0 bridgehead atoms. The lowest BCUT2D eigenvalue weighted by molar-refractivity contribution is 0.102. The molecule has 1 fully saturated rings. The predicted octanol–water partition coefficient (Wildman–Crippen LogP) is 3.85. The van der Waals surface area contributed by atoms with E-state index < -0.39 is 0 Å². The lowest BCUT2D eigenvalue weighted by Gasteiger charge is -2.11. The number of amides is 1. The van der Waals surface area contributed by atoms with E-state index in [9.17, 15) is 4.79 Å². The molecular formula is C18H18N4OS. The van der Waals surface area contributed by atoms with Crippen LogP contribution >= 0.6 is 11.3 Å². The Morgan fingerprint density at radius 3 is 2.79 bits per heavy atom. The molecule has 0 radical (unpaired) electrons. The van der Waals surface area contributed by atoms with Gasteiger partial charge in [-0.1, -0.05) is 11.3 Å². The summed E-state index contributed by atoms with van der Waals surface area (Å²) in [7, 11) is 0. The van der Waals surface area contributed by atoms with Crippen molar-refractivity contribution in [3.63, 3.8) is 0 Å². The smallest absolute Gasteiger partial charge is 0.257 e. The Morgan fingerprint density at radius 1 is 1.21 bits per heavy atom. The predicted molar refractivity (Wildman–Crippen MR) is 98.0 cm³/mol. The maximum atomic E-state index is 12.3. The first-order valence-electron chi connectivity index (χ1n) is 8.08. The number of rotatable bonds is 3. The lowest BCUT2D eigenvalue weighted by Crippen LogP contribution is -2.16. The zero-order valence-electron chi connectivity index (χ0n) is 13.5. The SMILES string of the molecule is Cc1ccc(C(=O)Nc2ccc3nc(N4CCCC4)sc3c2)cn1. The first-order valence-corrected chi connectivity index (χ1v) is 8.90. The van der Waals surface area contributed by atoms with Gasteiger partial charge in [0.1, 0.15) is 0 Å². The molecule has 1 aliphatic heterocycles. The van der Waals surface area contributed by atoms with Gasteiger partial charge in [-0.3, -0.25) is 9.78 Å². The van der Waals surface area contributed by atoms with Crippen LogP contribution in [0.2, 0.25) is 0 Å². The number of pyridine rings is 1. The van der Waals surface area contributed by atoms with Gasteiger partial charge in [-0.25, -0.2) is 4.98 Å². The number of nitrogens with one attached hydrogen (secondary N) is 1. The van der Waals surface area contributed by atoms with Gasteiger partial charge in [0.15, 0.2) is 5.13 Å². The molecule has 3 heterocycles. The fourth-order valence-electron chi connectivity index (χ4n) is 2.84. The van der Waals surface area contributed by atoms with E-state index in [0.29, 0.717) is 5.56 Å². The normalized spacial score (nSPS) is 14.3. The standard InChI is InChI=1S/C18H18N4OS/c1-12-4-5-13(11-19-12)17(23)20-14-6-7-15-16(10-14)24-18(21-15)22-8-2-3-9-22/h4-7,10-11H,2-3,8-9H2,1H3,(H,20,23). The number of anilines is 2. The number of benzene rings is 1. The molecule has 0 atom stereocenters. The molecule has 0 saturated carbocycles. The van der Waals surface area contributed by atoms with E-state index in [4.69, 9.17) is 4.98 Å². The van der Waals surface area contributed by atoms with E-state index >= 15 is 0 Å². The van der Waals surface area contributed by atoms with Gasteiger partial charge in [-0.2, -0.15) is 0 Å². The van der Waals surface area contributed by atoms with Crippen LogP contribution < -0.4 is 10.2 Å². The fraction of sp³-hybridized carbons (Fsp3) is 0.278. The Kier molecular flexibility index (Phi) is 3.90. The average molecular weight is 338 g/mol. The molecule has 0 unspecified atom stereocenters. The van der Waals surface area contributed by atoms with Crippen LogP contribution in [0.3, 0.4) is 0 Å². The lowest BCUT2D eigenvalue weighted by atomic mass is 10.2. The fourth-order valence-corrected chi connectivity index (χ4v) is 3.90.